The zero-order valence-electron chi connectivity index (χ0n) is 12.3. The van der Waals surface area contributed by atoms with Gasteiger partial charge in [0.15, 0.2) is 0 Å². The topological polar surface area (TPSA) is 64.9 Å². The number of hydrogen-bond donors (Lipinski definition) is 2. The van der Waals surface area contributed by atoms with Gasteiger partial charge in [0.25, 0.3) is 5.91 Å². The fourth-order valence-electron chi connectivity index (χ4n) is 1.85. The first-order valence-electron chi connectivity index (χ1n) is 6.84. The van der Waals surface area contributed by atoms with Crippen molar-refractivity contribution >= 4 is 46.4 Å². The molecule has 4 nitrogen and oxygen atoms in total. The number of amides is 1. The van der Waals surface area contributed by atoms with Gasteiger partial charge >= 0.3 is 0 Å². The van der Waals surface area contributed by atoms with Crippen molar-refractivity contribution in [2.24, 2.45) is 0 Å². The first-order valence-corrected chi connectivity index (χ1v) is 7.97. The summed E-state index contributed by atoms with van der Waals surface area (Å²) in [5, 5.41) is 16.0. The smallest absolute Gasteiger partial charge is 0.267 e. The van der Waals surface area contributed by atoms with E-state index in [1.165, 1.54) is 12.3 Å². The average Bonchev–Trinajstić information content (AvgIpc) is 2.54. The van der Waals surface area contributed by atoms with Crippen LogP contribution in [0.25, 0.3) is 0 Å². The molecule has 0 aromatic heterocycles. The molecule has 0 aliphatic carbocycles. The summed E-state index contributed by atoms with van der Waals surface area (Å²) in [5.74, 6) is -0.569. The molecule has 2 aromatic carbocycles. The minimum atomic E-state index is -0.569. The van der Waals surface area contributed by atoms with Crippen LogP contribution in [-0.2, 0) is 11.3 Å². The number of nitrogens with one attached hydrogen (secondary N) is 2. The molecule has 122 valence electrons. The molecule has 1 amide bonds. The highest BCUT2D eigenvalue weighted by Gasteiger charge is 2.11. The molecule has 7 heteroatoms. The summed E-state index contributed by atoms with van der Waals surface area (Å²) in [7, 11) is 0. The maximum Gasteiger partial charge on any atom is 0.267 e. The van der Waals surface area contributed by atoms with E-state index in [0.717, 1.165) is 5.56 Å². The molecule has 0 spiro atoms. The SMILES string of the molecule is N#C/C(=C/NCc1cccc(Cl)c1)C(=O)Nc1ccc(Cl)cc1Cl. The Morgan fingerprint density at radius 1 is 1.12 bits per heavy atom. The van der Waals surface area contributed by atoms with E-state index in [4.69, 9.17) is 40.1 Å². The van der Waals surface area contributed by atoms with Gasteiger partial charge in [-0.3, -0.25) is 4.79 Å². The predicted molar refractivity (Wildman–Crippen MR) is 97.1 cm³/mol. The van der Waals surface area contributed by atoms with Crippen molar-refractivity contribution in [1.82, 2.24) is 5.32 Å². The normalized spacial score (nSPS) is 10.8. The molecule has 0 saturated carbocycles. The Labute approximate surface area is 154 Å². The van der Waals surface area contributed by atoms with Crippen LogP contribution >= 0.6 is 34.8 Å². The molecule has 0 unspecified atom stereocenters. The maximum absolute atomic E-state index is 12.1. The molecule has 0 fully saturated rings. The standard InChI is InChI=1S/C17H12Cl3N3O/c18-13-3-1-2-11(6-13)9-22-10-12(8-21)17(24)23-16-5-4-14(19)7-15(16)20/h1-7,10,22H,9H2,(H,23,24)/b12-10-. The van der Waals surface area contributed by atoms with E-state index in [2.05, 4.69) is 10.6 Å². The number of carbonyl (C=O) groups excluding carboxylic acids is 1. The van der Waals surface area contributed by atoms with Crippen LogP contribution < -0.4 is 10.6 Å². The van der Waals surface area contributed by atoms with Gasteiger partial charge < -0.3 is 10.6 Å². The van der Waals surface area contributed by atoms with Gasteiger partial charge in [-0.15, -0.1) is 0 Å². The van der Waals surface area contributed by atoms with Crippen molar-refractivity contribution in [3.8, 4) is 6.07 Å². The molecule has 0 bridgehead atoms. The largest absolute Gasteiger partial charge is 0.386 e. The minimum Gasteiger partial charge on any atom is -0.386 e. The van der Waals surface area contributed by atoms with Gasteiger partial charge in [-0.1, -0.05) is 46.9 Å². The molecule has 2 rings (SSSR count). The van der Waals surface area contributed by atoms with E-state index >= 15 is 0 Å². The zero-order valence-corrected chi connectivity index (χ0v) is 14.6. The lowest BCUT2D eigenvalue weighted by Crippen LogP contribution is -2.16. The number of nitrogens with zero attached hydrogens (tertiary/aromatic N) is 1. The lowest BCUT2D eigenvalue weighted by atomic mass is 10.2. The van der Waals surface area contributed by atoms with Gasteiger partial charge in [0.05, 0.1) is 10.7 Å². The molecule has 0 atom stereocenters. The second-order valence-electron chi connectivity index (χ2n) is 4.76. The van der Waals surface area contributed by atoms with Crippen molar-refractivity contribution in [2.75, 3.05) is 5.32 Å². The Morgan fingerprint density at radius 3 is 2.54 bits per heavy atom. The van der Waals surface area contributed by atoms with Crippen LogP contribution in [0.2, 0.25) is 15.1 Å². The van der Waals surface area contributed by atoms with Crippen molar-refractivity contribution in [1.29, 1.82) is 5.26 Å². The third-order valence-corrected chi connectivity index (χ3v) is 3.77. The van der Waals surface area contributed by atoms with Crippen LogP contribution in [0, 0.1) is 11.3 Å². The monoisotopic (exact) mass is 379 g/mol. The summed E-state index contributed by atoms with van der Waals surface area (Å²) in [4.78, 5) is 12.1. The van der Waals surface area contributed by atoms with Gasteiger partial charge in [0.1, 0.15) is 11.6 Å². The highest BCUT2D eigenvalue weighted by atomic mass is 35.5. The van der Waals surface area contributed by atoms with Crippen LogP contribution in [0.4, 0.5) is 5.69 Å². The van der Waals surface area contributed by atoms with E-state index in [1.807, 2.05) is 18.2 Å². The summed E-state index contributed by atoms with van der Waals surface area (Å²) < 4.78 is 0. The quantitative estimate of drug-likeness (QED) is 0.579. The number of halogens is 3. The van der Waals surface area contributed by atoms with Gasteiger partial charge in [0.2, 0.25) is 0 Å². The lowest BCUT2D eigenvalue weighted by molar-refractivity contribution is -0.112. The van der Waals surface area contributed by atoms with E-state index in [-0.39, 0.29) is 5.57 Å². The van der Waals surface area contributed by atoms with Crippen molar-refractivity contribution in [3.05, 3.63) is 74.9 Å². The Morgan fingerprint density at radius 2 is 1.88 bits per heavy atom. The molecule has 2 N–H and O–H groups in total. The van der Waals surface area contributed by atoms with Crippen LogP contribution in [0.3, 0.4) is 0 Å². The fourth-order valence-corrected chi connectivity index (χ4v) is 2.52. The van der Waals surface area contributed by atoms with Crippen LogP contribution in [0.1, 0.15) is 5.56 Å². The van der Waals surface area contributed by atoms with Crippen LogP contribution in [0.15, 0.2) is 54.2 Å². The molecular weight excluding hydrogens is 369 g/mol. The Hall–Kier alpha value is -2.19. The summed E-state index contributed by atoms with van der Waals surface area (Å²) in [6.45, 7) is 0.431. The van der Waals surface area contributed by atoms with E-state index < -0.39 is 5.91 Å². The number of carbonyl (C=O) groups is 1. The molecule has 0 aliphatic heterocycles. The summed E-state index contributed by atoms with van der Waals surface area (Å²) >= 11 is 17.7. The summed E-state index contributed by atoms with van der Waals surface area (Å²) in [5.41, 5.74) is 1.22. The van der Waals surface area contributed by atoms with Gasteiger partial charge in [-0.2, -0.15) is 5.26 Å². The molecule has 24 heavy (non-hydrogen) atoms. The fraction of sp³-hybridized carbons (Fsp3) is 0.0588. The third-order valence-electron chi connectivity index (χ3n) is 2.99. The van der Waals surface area contributed by atoms with E-state index in [0.29, 0.717) is 27.3 Å². The van der Waals surface area contributed by atoms with Crippen molar-refractivity contribution in [3.63, 3.8) is 0 Å². The summed E-state index contributed by atoms with van der Waals surface area (Å²) in [6, 6.07) is 13.8. The first kappa shape index (κ1) is 18.2. The molecule has 0 saturated heterocycles. The van der Waals surface area contributed by atoms with Gasteiger partial charge in [-0.25, -0.2) is 0 Å². The number of nitriles is 1. The summed E-state index contributed by atoms with van der Waals surface area (Å²) in [6.07, 6.45) is 1.35. The second-order valence-corrected chi connectivity index (χ2v) is 6.04. The average molecular weight is 381 g/mol. The predicted octanol–water partition coefficient (Wildman–Crippen LogP) is 4.78. The molecule has 0 aliphatic rings. The van der Waals surface area contributed by atoms with Gasteiger partial charge in [0, 0.05) is 22.8 Å². The van der Waals surface area contributed by atoms with Crippen LogP contribution in [-0.4, -0.2) is 5.91 Å². The Bertz CT molecular complexity index is 828. The Balaban J connectivity index is 2.01. The number of anilines is 1. The highest BCUT2D eigenvalue weighted by molar-refractivity contribution is 6.36. The van der Waals surface area contributed by atoms with Crippen LogP contribution in [0.5, 0.6) is 0 Å². The van der Waals surface area contributed by atoms with E-state index in [9.17, 15) is 4.79 Å². The molecule has 0 heterocycles. The highest BCUT2D eigenvalue weighted by Crippen LogP contribution is 2.25. The molecular formula is C17H12Cl3N3O. The molecule has 0 radical (unpaired) electrons. The Kier molecular flexibility index (Phi) is 6.51. The zero-order chi connectivity index (χ0) is 17.5. The van der Waals surface area contributed by atoms with Gasteiger partial charge in [-0.05, 0) is 35.9 Å². The number of hydrogen-bond acceptors (Lipinski definition) is 3. The second kappa shape index (κ2) is 8.60. The minimum absolute atomic E-state index is 0.0805. The molecule has 2 aromatic rings. The lowest BCUT2D eigenvalue weighted by Gasteiger charge is -2.07. The number of benzene rings is 2. The van der Waals surface area contributed by atoms with E-state index in [1.54, 1.807) is 24.3 Å². The number of rotatable bonds is 5. The third kappa shape index (κ3) is 5.17. The first-order chi connectivity index (χ1) is 11.5. The van der Waals surface area contributed by atoms with Crippen molar-refractivity contribution < 1.29 is 4.79 Å². The van der Waals surface area contributed by atoms with Crippen molar-refractivity contribution in [2.45, 2.75) is 6.54 Å². The maximum atomic E-state index is 12.1.